The highest BCUT2D eigenvalue weighted by molar-refractivity contribution is 8.01. The van der Waals surface area contributed by atoms with Crippen LogP contribution in [0.15, 0.2) is 58.3 Å². The molecule has 1 fully saturated rings. The van der Waals surface area contributed by atoms with Gasteiger partial charge in [-0.25, -0.2) is 0 Å². The van der Waals surface area contributed by atoms with Gasteiger partial charge in [0.1, 0.15) is 0 Å². The zero-order valence-corrected chi connectivity index (χ0v) is 16.8. The molecule has 1 atom stereocenters. The molecule has 0 bridgehead atoms. The number of fused-ring (bicyclic) bond motifs is 2. The number of anilines is 2. The lowest BCUT2D eigenvalue weighted by atomic mass is 10.0. The summed E-state index contributed by atoms with van der Waals surface area (Å²) in [5.41, 5.74) is 2.06. The number of hydrogen-bond acceptors (Lipinski definition) is 3. The van der Waals surface area contributed by atoms with E-state index in [1.807, 2.05) is 28.8 Å². The fourth-order valence-corrected chi connectivity index (χ4v) is 6.39. The van der Waals surface area contributed by atoms with Crippen LogP contribution in [0, 0.1) is 0 Å². The first-order valence-electron chi connectivity index (χ1n) is 9.63. The molecule has 2 aliphatic rings. The Hall–Kier alpha value is -1.39. The molecule has 136 valence electrons. The van der Waals surface area contributed by atoms with Gasteiger partial charge >= 0.3 is 0 Å². The summed E-state index contributed by atoms with van der Waals surface area (Å²) in [5, 5.41) is 0.671. The molecule has 4 rings (SSSR count). The third kappa shape index (κ3) is 3.54. The average Bonchev–Trinajstić information content (AvgIpc) is 2.70. The van der Waals surface area contributed by atoms with E-state index >= 15 is 0 Å². The molecule has 0 N–H and O–H groups in total. The van der Waals surface area contributed by atoms with Crippen LogP contribution in [0.4, 0.5) is 11.4 Å². The fourth-order valence-electron chi connectivity index (χ4n) is 3.85. The first kappa shape index (κ1) is 18.0. The highest BCUT2D eigenvalue weighted by Crippen LogP contribution is 2.49. The molecule has 0 aromatic heterocycles. The lowest BCUT2D eigenvalue weighted by molar-refractivity contribution is -0.117. The Bertz CT molecular complexity index is 740. The summed E-state index contributed by atoms with van der Waals surface area (Å²) in [6.07, 6.45) is 7.39. The number of hydrogen-bond donors (Lipinski definition) is 0. The van der Waals surface area contributed by atoms with E-state index in [0.717, 1.165) is 27.6 Å². The third-order valence-corrected chi connectivity index (χ3v) is 8.06. The topological polar surface area (TPSA) is 20.3 Å². The van der Waals surface area contributed by atoms with Crippen LogP contribution >= 0.6 is 23.5 Å². The van der Waals surface area contributed by atoms with Crippen molar-refractivity contribution in [3.8, 4) is 0 Å². The van der Waals surface area contributed by atoms with Gasteiger partial charge < -0.3 is 0 Å². The zero-order chi connectivity index (χ0) is 17.9. The molecule has 2 aromatic carbocycles. The van der Waals surface area contributed by atoms with Crippen molar-refractivity contribution in [2.24, 2.45) is 0 Å². The van der Waals surface area contributed by atoms with Gasteiger partial charge in [-0.3, -0.25) is 9.69 Å². The molecule has 0 spiro atoms. The van der Waals surface area contributed by atoms with E-state index in [2.05, 4.69) is 43.3 Å². The molecule has 1 aliphatic heterocycles. The predicted octanol–water partition coefficient (Wildman–Crippen LogP) is 6.66. The van der Waals surface area contributed by atoms with Crippen molar-refractivity contribution in [3.63, 3.8) is 0 Å². The molecular formula is C22H25NOS2. The highest BCUT2D eigenvalue weighted by Gasteiger charge is 2.33. The van der Waals surface area contributed by atoms with Crippen molar-refractivity contribution in [3.05, 3.63) is 48.5 Å². The predicted molar refractivity (Wildman–Crippen MR) is 113 cm³/mol. The molecule has 1 amide bonds. The first-order valence-corrected chi connectivity index (χ1v) is 11.4. The summed E-state index contributed by atoms with van der Waals surface area (Å²) in [5.74, 6) is 0.239. The van der Waals surface area contributed by atoms with Gasteiger partial charge in [0.2, 0.25) is 5.91 Å². The normalized spacial score (nSPS) is 18.1. The minimum absolute atomic E-state index is 0.0299. The lowest BCUT2D eigenvalue weighted by Gasteiger charge is -2.34. The van der Waals surface area contributed by atoms with E-state index < -0.39 is 0 Å². The number of amides is 1. The van der Waals surface area contributed by atoms with Gasteiger partial charge in [0.25, 0.3) is 0 Å². The Kier molecular flexibility index (Phi) is 5.60. The van der Waals surface area contributed by atoms with Crippen molar-refractivity contribution in [1.29, 1.82) is 0 Å². The highest BCUT2D eigenvalue weighted by atomic mass is 32.2. The number of rotatable bonds is 4. The molecule has 1 heterocycles. The van der Waals surface area contributed by atoms with Crippen LogP contribution in [-0.4, -0.2) is 16.4 Å². The van der Waals surface area contributed by atoms with Gasteiger partial charge in [-0.1, -0.05) is 62.2 Å². The van der Waals surface area contributed by atoms with E-state index in [9.17, 15) is 4.79 Å². The summed E-state index contributed by atoms with van der Waals surface area (Å²) >= 11 is 3.68. The molecule has 26 heavy (non-hydrogen) atoms. The Labute approximate surface area is 164 Å². The SMILES string of the molecule is CCC(SC1CCCCC1)C(=O)N1c2ccccc2Sc2ccccc21. The Morgan fingerprint density at radius 1 is 1.04 bits per heavy atom. The van der Waals surface area contributed by atoms with Crippen LogP contribution in [0.25, 0.3) is 0 Å². The molecule has 1 aliphatic carbocycles. The number of para-hydroxylation sites is 2. The van der Waals surface area contributed by atoms with Crippen molar-refractivity contribution in [2.45, 2.75) is 65.7 Å². The van der Waals surface area contributed by atoms with Crippen LogP contribution in [-0.2, 0) is 4.79 Å². The van der Waals surface area contributed by atoms with Gasteiger partial charge in [-0.15, -0.1) is 11.8 Å². The van der Waals surface area contributed by atoms with Crippen molar-refractivity contribution < 1.29 is 4.79 Å². The van der Waals surface area contributed by atoms with Gasteiger partial charge in [0.15, 0.2) is 0 Å². The van der Waals surface area contributed by atoms with E-state index in [1.165, 1.54) is 32.1 Å². The summed E-state index contributed by atoms with van der Waals surface area (Å²) < 4.78 is 0. The minimum Gasteiger partial charge on any atom is -0.278 e. The standard InChI is InChI=1S/C22H25NOS2/c1-2-19(25-16-10-4-3-5-11-16)22(24)23-17-12-6-8-14-20(17)26-21-15-9-7-13-18(21)23/h6-9,12-16,19H,2-5,10-11H2,1H3. The van der Waals surface area contributed by atoms with E-state index in [1.54, 1.807) is 11.8 Å². The number of thioether (sulfide) groups is 1. The van der Waals surface area contributed by atoms with Gasteiger partial charge in [-0.2, -0.15) is 0 Å². The smallest absolute Gasteiger partial charge is 0.244 e. The largest absolute Gasteiger partial charge is 0.278 e. The van der Waals surface area contributed by atoms with Crippen molar-refractivity contribution in [1.82, 2.24) is 0 Å². The minimum atomic E-state index is 0.0299. The van der Waals surface area contributed by atoms with Crippen LogP contribution < -0.4 is 4.90 Å². The maximum Gasteiger partial charge on any atom is 0.244 e. The number of benzene rings is 2. The maximum absolute atomic E-state index is 13.6. The van der Waals surface area contributed by atoms with Crippen LogP contribution in [0.5, 0.6) is 0 Å². The number of carbonyl (C=O) groups is 1. The second kappa shape index (κ2) is 8.10. The van der Waals surface area contributed by atoms with Crippen LogP contribution in [0.2, 0.25) is 0 Å². The number of carbonyl (C=O) groups excluding carboxylic acids is 1. The third-order valence-electron chi connectivity index (χ3n) is 5.21. The molecule has 1 unspecified atom stereocenters. The first-order chi connectivity index (χ1) is 12.8. The van der Waals surface area contributed by atoms with Gasteiger partial charge in [0, 0.05) is 15.0 Å². The van der Waals surface area contributed by atoms with Crippen molar-refractivity contribution >= 4 is 40.8 Å². The maximum atomic E-state index is 13.6. The van der Waals surface area contributed by atoms with E-state index in [0.29, 0.717) is 5.25 Å². The molecule has 0 radical (unpaired) electrons. The van der Waals surface area contributed by atoms with Crippen LogP contribution in [0.3, 0.4) is 0 Å². The summed E-state index contributed by atoms with van der Waals surface area (Å²) in [6, 6.07) is 16.6. The van der Waals surface area contributed by atoms with Crippen LogP contribution in [0.1, 0.15) is 45.4 Å². The molecule has 1 saturated carbocycles. The fraction of sp³-hybridized carbons (Fsp3) is 0.409. The summed E-state index contributed by atoms with van der Waals surface area (Å²) in [7, 11) is 0. The molecule has 0 saturated heterocycles. The monoisotopic (exact) mass is 383 g/mol. The second-order valence-corrected chi connectivity index (χ2v) is 9.60. The molecule has 4 heteroatoms. The number of nitrogens with zero attached hydrogens (tertiary/aromatic N) is 1. The van der Waals surface area contributed by atoms with E-state index in [-0.39, 0.29) is 11.2 Å². The average molecular weight is 384 g/mol. The van der Waals surface area contributed by atoms with E-state index in [4.69, 9.17) is 0 Å². The molecule has 2 nitrogen and oxygen atoms in total. The van der Waals surface area contributed by atoms with Gasteiger partial charge in [0.05, 0.1) is 16.6 Å². The quantitative estimate of drug-likeness (QED) is 0.589. The Morgan fingerprint density at radius 3 is 2.19 bits per heavy atom. The Morgan fingerprint density at radius 2 is 1.62 bits per heavy atom. The molecular weight excluding hydrogens is 358 g/mol. The zero-order valence-electron chi connectivity index (χ0n) is 15.2. The Balaban J connectivity index is 1.65. The van der Waals surface area contributed by atoms with Gasteiger partial charge in [-0.05, 0) is 43.5 Å². The lowest BCUT2D eigenvalue weighted by Crippen LogP contribution is -2.36. The van der Waals surface area contributed by atoms with Crippen molar-refractivity contribution in [2.75, 3.05) is 4.90 Å². The second-order valence-electron chi connectivity index (χ2n) is 7.00. The molecule has 2 aromatic rings. The summed E-state index contributed by atoms with van der Waals surface area (Å²) in [6.45, 7) is 2.15. The summed E-state index contributed by atoms with van der Waals surface area (Å²) in [4.78, 5) is 17.9.